The molecule has 0 aliphatic carbocycles. The SMILES string of the molecule is O=C(N=[S@@]1(=O)N=C(C(Cl)(Cl)Cl)N=C(N2CCCCC2)O1)C(Cl)(Cl)Cl. The molecule has 0 spiro atoms. The lowest BCUT2D eigenvalue weighted by molar-refractivity contribution is -0.116. The Bertz CT molecular complexity index is 698. The number of rotatable bonds is 0. The molecule has 0 N–H and O–H groups in total. The van der Waals surface area contributed by atoms with Crippen LogP contribution < -0.4 is 0 Å². The molecule has 2 aliphatic rings. The van der Waals surface area contributed by atoms with Crippen LogP contribution in [0.3, 0.4) is 0 Å². The molecule has 1 atom stereocenters. The van der Waals surface area contributed by atoms with Gasteiger partial charge < -0.3 is 9.08 Å². The molecule has 0 radical (unpaired) electrons. The van der Waals surface area contributed by atoms with Gasteiger partial charge in [-0.15, -0.1) is 8.76 Å². The second-order valence-corrected chi connectivity index (χ2v) is 10.8. The Balaban J connectivity index is 2.46. The third-order valence-corrected chi connectivity index (χ3v) is 5.07. The van der Waals surface area contributed by atoms with Crippen LogP contribution in [0.2, 0.25) is 0 Å². The first kappa shape index (κ1) is 20.6. The van der Waals surface area contributed by atoms with Crippen molar-refractivity contribution in [1.29, 1.82) is 0 Å². The molecule has 7 nitrogen and oxygen atoms in total. The Morgan fingerprint density at radius 3 is 2.21 bits per heavy atom. The smallest absolute Gasteiger partial charge is 0.333 e. The first-order chi connectivity index (χ1) is 10.9. The van der Waals surface area contributed by atoms with E-state index >= 15 is 0 Å². The highest BCUT2D eigenvalue weighted by Crippen LogP contribution is 2.33. The minimum absolute atomic E-state index is 0.114. The number of halogens is 6. The van der Waals surface area contributed by atoms with Crippen molar-refractivity contribution in [2.45, 2.75) is 26.8 Å². The van der Waals surface area contributed by atoms with Crippen LogP contribution in [0, 0.1) is 0 Å². The number of amidine groups is 2. The molecule has 0 aromatic heterocycles. The molecule has 14 heteroatoms. The Morgan fingerprint density at radius 2 is 1.71 bits per heavy atom. The van der Waals surface area contributed by atoms with Gasteiger partial charge in [-0.3, -0.25) is 4.79 Å². The summed E-state index contributed by atoms with van der Waals surface area (Å²) in [5, 5.41) is 0. The highest BCUT2D eigenvalue weighted by molar-refractivity contribution is 7.88. The zero-order valence-corrected chi connectivity index (χ0v) is 17.1. The first-order valence-corrected chi connectivity index (χ1v) is 10.2. The number of carbonyl (C=O) groups is 1. The van der Waals surface area contributed by atoms with E-state index in [2.05, 4.69) is 13.8 Å². The number of aliphatic imine (C=N–C) groups is 1. The number of hydrogen-bond donors (Lipinski definition) is 0. The molecule has 0 aromatic rings. The summed E-state index contributed by atoms with van der Waals surface area (Å²) in [6, 6.07) is -0.114. The van der Waals surface area contributed by atoms with Gasteiger partial charge in [0.15, 0.2) is 5.84 Å². The van der Waals surface area contributed by atoms with Crippen LogP contribution in [0.4, 0.5) is 0 Å². The third-order valence-electron chi connectivity index (χ3n) is 2.91. The van der Waals surface area contributed by atoms with Crippen molar-refractivity contribution >= 4 is 97.6 Å². The van der Waals surface area contributed by atoms with Gasteiger partial charge >= 0.3 is 22.1 Å². The summed E-state index contributed by atoms with van der Waals surface area (Å²) in [5.41, 5.74) is 0. The molecule has 136 valence electrons. The minimum Gasteiger partial charge on any atom is -0.342 e. The highest BCUT2D eigenvalue weighted by Gasteiger charge is 2.39. The molecule has 24 heavy (non-hydrogen) atoms. The number of nitrogens with zero attached hydrogens (tertiary/aromatic N) is 4. The van der Waals surface area contributed by atoms with Crippen LogP contribution in [0.5, 0.6) is 0 Å². The largest absolute Gasteiger partial charge is 0.342 e. The van der Waals surface area contributed by atoms with Gasteiger partial charge in [0.1, 0.15) is 0 Å². The molecular weight excluding hydrogens is 469 g/mol. The van der Waals surface area contributed by atoms with Crippen molar-refractivity contribution in [2.24, 2.45) is 13.8 Å². The van der Waals surface area contributed by atoms with Crippen LogP contribution in [0.1, 0.15) is 19.3 Å². The highest BCUT2D eigenvalue weighted by atomic mass is 35.6. The van der Waals surface area contributed by atoms with E-state index in [1.54, 1.807) is 4.90 Å². The Labute approximate surface area is 168 Å². The third kappa shape index (κ3) is 5.40. The molecule has 1 saturated heterocycles. The number of alkyl halides is 6. The number of amides is 1. The van der Waals surface area contributed by atoms with Crippen molar-refractivity contribution in [3.05, 3.63) is 0 Å². The maximum absolute atomic E-state index is 12.7. The lowest BCUT2D eigenvalue weighted by Gasteiger charge is -2.30. The van der Waals surface area contributed by atoms with Gasteiger partial charge in [-0.05, 0) is 19.3 Å². The van der Waals surface area contributed by atoms with Crippen molar-refractivity contribution in [1.82, 2.24) is 4.90 Å². The van der Waals surface area contributed by atoms with Crippen molar-refractivity contribution < 1.29 is 13.2 Å². The maximum atomic E-state index is 12.7. The molecule has 2 aliphatic heterocycles. The number of likely N-dealkylation sites (tertiary alicyclic amines) is 1. The number of carbonyl (C=O) groups excluding carboxylic acids is 1. The molecule has 0 aromatic carbocycles. The fourth-order valence-corrected chi connectivity index (χ4v) is 3.75. The van der Waals surface area contributed by atoms with E-state index in [4.69, 9.17) is 73.8 Å². The average molecular weight is 479 g/mol. The van der Waals surface area contributed by atoms with Crippen molar-refractivity contribution in [2.75, 3.05) is 13.1 Å². The average Bonchev–Trinajstić information content (AvgIpc) is 2.45. The van der Waals surface area contributed by atoms with Crippen molar-refractivity contribution in [3.63, 3.8) is 0 Å². The van der Waals surface area contributed by atoms with Crippen molar-refractivity contribution in [3.8, 4) is 0 Å². The van der Waals surface area contributed by atoms with Gasteiger partial charge in [-0.2, -0.15) is 9.20 Å². The van der Waals surface area contributed by atoms with Crippen LogP contribution in [-0.4, -0.2) is 47.5 Å². The summed E-state index contributed by atoms with van der Waals surface area (Å²) in [6.45, 7) is 1.17. The topological polar surface area (TPSA) is 83.7 Å². The standard InChI is InChI=1S/C10H10Cl6N4O3S/c11-9(12,13)6-17-8(20-4-2-1-3-5-20)23-24(22,18-6)19-7(21)10(14,15)16/h1-5H2/t24-/m1/s1. The fraction of sp³-hybridized carbons (Fsp3) is 0.700. The monoisotopic (exact) mass is 476 g/mol. The maximum Gasteiger partial charge on any atom is 0.333 e. The molecule has 2 heterocycles. The summed E-state index contributed by atoms with van der Waals surface area (Å²) in [5.74, 6) is -1.77. The summed E-state index contributed by atoms with van der Waals surface area (Å²) in [6.07, 6.45) is 2.77. The van der Waals surface area contributed by atoms with Gasteiger partial charge in [0, 0.05) is 13.1 Å². The molecular formula is C10H10Cl6N4O3S. The zero-order valence-electron chi connectivity index (χ0n) is 11.7. The Morgan fingerprint density at radius 1 is 1.12 bits per heavy atom. The second-order valence-electron chi connectivity index (χ2n) is 4.78. The molecule has 1 fully saturated rings. The molecule has 0 unspecified atom stereocenters. The van der Waals surface area contributed by atoms with Gasteiger partial charge in [-0.1, -0.05) is 69.6 Å². The fourth-order valence-electron chi connectivity index (χ4n) is 1.87. The van der Waals surface area contributed by atoms with Crippen LogP contribution >= 0.6 is 69.6 Å². The van der Waals surface area contributed by atoms with E-state index in [0.29, 0.717) is 13.1 Å². The number of piperidine rings is 1. The van der Waals surface area contributed by atoms with E-state index in [1.807, 2.05) is 0 Å². The van der Waals surface area contributed by atoms with Crippen LogP contribution in [0.15, 0.2) is 13.8 Å². The van der Waals surface area contributed by atoms with E-state index in [1.165, 1.54) is 0 Å². The summed E-state index contributed by atoms with van der Waals surface area (Å²) in [7, 11) is -4.02. The number of hydrogen-bond acceptors (Lipinski definition) is 5. The van der Waals surface area contributed by atoms with Crippen LogP contribution in [-0.2, 0) is 19.2 Å². The van der Waals surface area contributed by atoms with E-state index < -0.39 is 29.5 Å². The van der Waals surface area contributed by atoms with E-state index in [-0.39, 0.29) is 6.02 Å². The molecule has 2 rings (SSSR count). The zero-order chi connectivity index (χ0) is 18.2. The van der Waals surface area contributed by atoms with Gasteiger partial charge in [0.25, 0.3) is 7.59 Å². The quantitative estimate of drug-likeness (QED) is 0.495. The predicted octanol–water partition coefficient (Wildman–Crippen LogP) is 3.82. The first-order valence-electron chi connectivity index (χ1n) is 6.49. The summed E-state index contributed by atoms with van der Waals surface area (Å²) in [4.78, 5) is 17.4. The van der Waals surface area contributed by atoms with E-state index in [0.717, 1.165) is 19.3 Å². The van der Waals surface area contributed by atoms with Crippen LogP contribution in [0.25, 0.3) is 0 Å². The Hall–Kier alpha value is 0.300. The predicted molar refractivity (Wildman–Crippen MR) is 97.5 cm³/mol. The minimum atomic E-state index is -4.02. The van der Waals surface area contributed by atoms with Gasteiger partial charge in [0.2, 0.25) is 0 Å². The lowest BCUT2D eigenvalue weighted by atomic mass is 10.1. The second kappa shape index (κ2) is 7.50. The molecule has 0 bridgehead atoms. The van der Waals surface area contributed by atoms with Gasteiger partial charge in [-0.25, -0.2) is 0 Å². The van der Waals surface area contributed by atoms with Gasteiger partial charge in [0.05, 0.1) is 0 Å². The summed E-state index contributed by atoms with van der Waals surface area (Å²) >= 11 is 33.5. The van der Waals surface area contributed by atoms with E-state index in [9.17, 15) is 9.00 Å². The lowest BCUT2D eigenvalue weighted by Crippen LogP contribution is -2.41. The normalized spacial score (nSPS) is 25.5. The molecule has 1 amide bonds. The Kier molecular flexibility index (Phi) is 6.44. The summed E-state index contributed by atoms with van der Waals surface area (Å²) < 4.78 is 20.1. The molecule has 0 saturated carbocycles.